The van der Waals surface area contributed by atoms with Crippen LogP contribution in [0.2, 0.25) is 0 Å². The Kier molecular flexibility index (Phi) is 13.4. The molecule has 0 radical (unpaired) electrons. The van der Waals surface area contributed by atoms with E-state index >= 15 is 0 Å². The predicted molar refractivity (Wildman–Crippen MR) is 154 cm³/mol. The van der Waals surface area contributed by atoms with Crippen molar-refractivity contribution in [3.05, 3.63) is 35.9 Å². The van der Waals surface area contributed by atoms with E-state index in [4.69, 9.17) is 17.0 Å². The highest BCUT2D eigenvalue weighted by Crippen LogP contribution is 2.45. The number of thioether (sulfide) groups is 1. The van der Waals surface area contributed by atoms with Crippen molar-refractivity contribution in [2.75, 3.05) is 19.7 Å². The second kappa shape index (κ2) is 15.2. The van der Waals surface area contributed by atoms with Crippen LogP contribution in [0.25, 0.3) is 0 Å². The van der Waals surface area contributed by atoms with Crippen molar-refractivity contribution in [1.82, 2.24) is 10.6 Å². The Labute approximate surface area is 236 Å². The molecule has 0 bridgehead atoms. The minimum absolute atomic E-state index is 0.0298. The number of rotatable bonds is 15. The number of carbonyl (C=O) groups excluding carboxylic acids is 3. The first-order valence-corrected chi connectivity index (χ1v) is 14.0. The SMILES string of the molecule is CCCC(=O)OCCNC(=O)C(C)(CC(C)(CC(C)(C)C#N)C(=O)NCC(C)O)SC(=S)c1ccccc1. The van der Waals surface area contributed by atoms with Crippen LogP contribution in [0.3, 0.4) is 0 Å². The molecule has 3 unspecified atom stereocenters. The first kappa shape index (κ1) is 33.5. The third-order valence-corrected chi connectivity index (χ3v) is 7.57. The van der Waals surface area contributed by atoms with Crippen molar-refractivity contribution >= 4 is 46.0 Å². The number of nitrogens with one attached hydrogen (secondary N) is 2. The van der Waals surface area contributed by atoms with Gasteiger partial charge in [-0.05, 0) is 52.5 Å². The van der Waals surface area contributed by atoms with Crippen LogP contribution in [0.1, 0.15) is 72.8 Å². The Morgan fingerprint density at radius 3 is 2.29 bits per heavy atom. The maximum absolute atomic E-state index is 13.6. The van der Waals surface area contributed by atoms with Crippen molar-refractivity contribution in [3.8, 4) is 6.07 Å². The van der Waals surface area contributed by atoms with Gasteiger partial charge in [0.15, 0.2) is 0 Å². The van der Waals surface area contributed by atoms with E-state index in [0.29, 0.717) is 17.0 Å². The van der Waals surface area contributed by atoms with E-state index in [2.05, 4.69) is 16.7 Å². The summed E-state index contributed by atoms with van der Waals surface area (Å²) in [6, 6.07) is 11.5. The zero-order valence-electron chi connectivity index (χ0n) is 23.3. The van der Waals surface area contributed by atoms with Crippen LogP contribution in [0, 0.1) is 22.2 Å². The highest BCUT2D eigenvalue weighted by Gasteiger charge is 2.48. The van der Waals surface area contributed by atoms with Crippen LogP contribution in [0.15, 0.2) is 30.3 Å². The third kappa shape index (κ3) is 11.1. The molecule has 1 rings (SSSR count). The normalized spacial score (nSPS) is 15.2. The van der Waals surface area contributed by atoms with E-state index in [0.717, 1.165) is 5.56 Å². The first-order chi connectivity index (χ1) is 17.7. The summed E-state index contributed by atoms with van der Waals surface area (Å²) in [4.78, 5) is 38.8. The predicted octanol–water partition coefficient (Wildman–Crippen LogP) is 4.15. The molecule has 8 nitrogen and oxygen atoms in total. The summed E-state index contributed by atoms with van der Waals surface area (Å²) >= 11 is 6.87. The summed E-state index contributed by atoms with van der Waals surface area (Å²) < 4.78 is 4.44. The summed E-state index contributed by atoms with van der Waals surface area (Å²) in [5, 5.41) is 25.0. The molecule has 2 amide bonds. The van der Waals surface area contributed by atoms with Crippen molar-refractivity contribution in [3.63, 3.8) is 0 Å². The van der Waals surface area contributed by atoms with Crippen molar-refractivity contribution < 1.29 is 24.2 Å². The van der Waals surface area contributed by atoms with Crippen molar-refractivity contribution in [2.45, 2.75) is 78.1 Å². The van der Waals surface area contributed by atoms with Gasteiger partial charge in [-0.25, -0.2) is 0 Å². The number of thiocarbonyl (C=S) groups is 1. The average Bonchev–Trinajstić information content (AvgIpc) is 2.85. The van der Waals surface area contributed by atoms with Gasteiger partial charge in [0.2, 0.25) is 11.8 Å². The van der Waals surface area contributed by atoms with Gasteiger partial charge in [-0.1, -0.05) is 68.2 Å². The molecule has 0 fully saturated rings. The van der Waals surface area contributed by atoms with Gasteiger partial charge in [-0.3, -0.25) is 14.4 Å². The standard InChI is InChI=1S/C28H41N3O5S2/c1-7-11-22(33)36-15-14-30-25(35)28(6,38-23(37)21-12-9-8-10-13-21)18-27(5,17-26(3,4)19-29)24(34)31-16-20(2)32/h8-10,12-13,20,32H,7,11,14-18H2,1-6H3,(H,30,35)(H,31,34). The number of benzene rings is 1. The fraction of sp³-hybridized carbons (Fsp3) is 0.607. The van der Waals surface area contributed by atoms with E-state index in [1.807, 2.05) is 37.3 Å². The first-order valence-electron chi connectivity index (χ1n) is 12.8. The highest BCUT2D eigenvalue weighted by molar-refractivity contribution is 8.25. The number of carbonyl (C=O) groups is 3. The van der Waals surface area contributed by atoms with Crippen LogP contribution in [0.5, 0.6) is 0 Å². The smallest absolute Gasteiger partial charge is 0.305 e. The monoisotopic (exact) mass is 563 g/mol. The molecule has 0 aliphatic rings. The second-order valence-electron chi connectivity index (χ2n) is 10.7. The molecule has 0 heterocycles. The molecule has 0 aliphatic heterocycles. The molecule has 0 aliphatic carbocycles. The lowest BCUT2D eigenvalue weighted by Gasteiger charge is -2.40. The number of aliphatic hydroxyl groups excluding tert-OH is 1. The van der Waals surface area contributed by atoms with E-state index in [-0.39, 0.29) is 50.3 Å². The molecule has 3 N–H and O–H groups in total. The summed E-state index contributed by atoms with van der Waals surface area (Å²) in [5.41, 5.74) is -1.22. The topological polar surface area (TPSA) is 129 Å². The van der Waals surface area contributed by atoms with E-state index in [1.165, 1.54) is 11.8 Å². The number of ether oxygens (including phenoxy) is 1. The van der Waals surface area contributed by atoms with Gasteiger partial charge in [0.1, 0.15) is 6.61 Å². The van der Waals surface area contributed by atoms with Gasteiger partial charge >= 0.3 is 5.97 Å². The molecular formula is C28H41N3O5S2. The average molecular weight is 564 g/mol. The molecule has 0 saturated carbocycles. The molecule has 1 aromatic rings. The van der Waals surface area contributed by atoms with E-state index in [1.54, 1.807) is 34.6 Å². The lowest BCUT2D eigenvalue weighted by molar-refractivity contribution is -0.144. The molecular weight excluding hydrogens is 522 g/mol. The summed E-state index contributed by atoms with van der Waals surface area (Å²) in [6.07, 6.45) is 0.471. The summed E-state index contributed by atoms with van der Waals surface area (Å²) in [5.74, 6) is -1.05. The van der Waals surface area contributed by atoms with Gasteiger partial charge in [-0.15, -0.1) is 0 Å². The van der Waals surface area contributed by atoms with Crippen LogP contribution >= 0.6 is 24.0 Å². The summed E-state index contributed by atoms with van der Waals surface area (Å²) in [6.45, 7) is 10.6. The molecule has 10 heteroatoms. The number of nitrogens with zero attached hydrogens (tertiary/aromatic N) is 1. The Balaban J connectivity index is 3.30. The molecule has 0 aromatic heterocycles. The van der Waals surface area contributed by atoms with Crippen LogP contribution in [-0.4, -0.2) is 57.6 Å². The number of hydrogen-bond donors (Lipinski definition) is 3. The van der Waals surface area contributed by atoms with Gasteiger partial charge in [-0.2, -0.15) is 5.26 Å². The fourth-order valence-corrected chi connectivity index (χ4v) is 6.14. The van der Waals surface area contributed by atoms with Gasteiger partial charge < -0.3 is 20.5 Å². The van der Waals surface area contributed by atoms with Crippen molar-refractivity contribution in [1.29, 1.82) is 5.26 Å². The minimum atomic E-state index is -1.21. The zero-order valence-corrected chi connectivity index (χ0v) is 24.9. The Hall–Kier alpha value is -2.48. The van der Waals surface area contributed by atoms with E-state index in [9.17, 15) is 24.8 Å². The van der Waals surface area contributed by atoms with Crippen LogP contribution in [0.4, 0.5) is 0 Å². The van der Waals surface area contributed by atoms with Gasteiger partial charge in [0, 0.05) is 18.4 Å². The van der Waals surface area contributed by atoms with Gasteiger partial charge in [0.25, 0.3) is 0 Å². The molecule has 0 spiro atoms. The highest BCUT2D eigenvalue weighted by atomic mass is 32.2. The summed E-state index contributed by atoms with van der Waals surface area (Å²) in [7, 11) is 0. The fourth-order valence-electron chi connectivity index (χ4n) is 4.23. The van der Waals surface area contributed by atoms with Crippen LogP contribution in [-0.2, 0) is 19.1 Å². The number of aliphatic hydroxyl groups is 1. The molecule has 1 aromatic carbocycles. The van der Waals surface area contributed by atoms with E-state index < -0.39 is 21.7 Å². The quantitative estimate of drug-likeness (QED) is 0.165. The second-order valence-corrected chi connectivity index (χ2v) is 12.9. The molecule has 210 valence electrons. The van der Waals surface area contributed by atoms with Gasteiger partial charge in [0.05, 0.1) is 33.1 Å². The number of hydrogen-bond acceptors (Lipinski definition) is 8. The molecule has 38 heavy (non-hydrogen) atoms. The minimum Gasteiger partial charge on any atom is -0.464 e. The number of amides is 2. The largest absolute Gasteiger partial charge is 0.464 e. The lowest BCUT2D eigenvalue weighted by Crippen LogP contribution is -2.52. The Morgan fingerprint density at radius 2 is 1.74 bits per heavy atom. The number of nitriles is 1. The maximum atomic E-state index is 13.6. The van der Waals surface area contributed by atoms with Crippen molar-refractivity contribution in [2.24, 2.45) is 10.8 Å². The Bertz CT molecular complexity index is 1010. The number of esters is 1. The Morgan fingerprint density at radius 1 is 1.11 bits per heavy atom. The molecule has 3 atom stereocenters. The third-order valence-electron chi connectivity index (χ3n) is 5.88. The maximum Gasteiger partial charge on any atom is 0.305 e. The van der Waals surface area contributed by atoms with Crippen LogP contribution < -0.4 is 10.6 Å². The lowest BCUT2D eigenvalue weighted by atomic mass is 9.69. The zero-order chi connectivity index (χ0) is 29.0. The molecule has 0 saturated heterocycles.